The zero-order valence-electron chi connectivity index (χ0n) is 22.1. The Morgan fingerprint density at radius 1 is 1.20 bits per heavy atom. The number of carbonyl (C=O) groups is 2. The summed E-state index contributed by atoms with van der Waals surface area (Å²) in [5.74, 6) is -1.30. The van der Waals surface area contributed by atoms with Crippen LogP contribution < -0.4 is 27.2 Å². The van der Waals surface area contributed by atoms with Gasteiger partial charge in [0.2, 0.25) is 5.91 Å². The zero-order chi connectivity index (χ0) is 29.8. The van der Waals surface area contributed by atoms with Gasteiger partial charge in [0.05, 0.1) is 18.6 Å². The van der Waals surface area contributed by atoms with E-state index in [-0.39, 0.29) is 30.6 Å². The van der Waals surface area contributed by atoms with Crippen LogP contribution in [-0.4, -0.2) is 40.4 Å². The summed E-state index contributed by atoms with van der Waals surface area (Å²) in [5, 5.41) is 16.7. The van der Waals surface area contributed by atoms with E-state index in [1.807, 2.05) is 30.3 Å². The van der Waals surface area contributed by atoms with Crippen LogP contribution in [0, 0.1) is 5.41 Å². The molecule has 1 heterocycles. The number of rotatable bonds is 12. The van der Waals surface area contributed by atoms with Gasteiger partial charge in [0.25, 0.3) is 5.56 Å². The van der Waals surface area contributed by atoms with Crippen LogP contribution in [0.25, 0.3) is 11.3 Å². The molecule has 0 aliphatic carbocycles. The molecule has 0 bridgehead atoms. The van der Waals surface area contributed by atoms with Crippen LogP contribution in [0.15, 0.2) is 89.4 Å². The van der Waals surface area contributed by atoms with Crippen molar-refractivity contribution in [2.75, 3.05) is 18.5 Å². The number of aromatic nitrogens is 2. The van der Waals surface area contributed by atoms with Crippen molar-refractivity contribution in [1.82, 2.24) is 20.2 Å². The fourth-order valence-corrected chi connectivity index (χ4v) is 3.93. The van der Waals surface area contributed by atoms with E-state index in [1.165, 1.54) is 35.4 Å². The number of nitrogens with zero attached hydrogens (tertiary/aromatic N) is 2. The second-order valence-electron chi connectivity index (χ2n) is 8.51. The molecule has 0 spiro atoms. The van der Waals surface area contributed by atoms with Crippen LogP contribution in [-0.2, 0) is 20.7 Å². The number of benzene rings is 2. The van der Waals surface area contributed by atoms with Crippen molar-refractivity contribution in [3.63, 3.8) is 0 Å². The van der Waals surface area contributed by atoms with Gasteiger partial charge >= 0.3 is 5.97 Å². The second-order valence-corrected chi connectivity index (χ2v) is 9.38. The molecule has 6 N–H and O–H groups in total. The SMILES string of the molecule is CCOC(=O)CN/C=C\C(=N)NC(=O)C(Cc1ccccc1)n1cnc(-c2cc(Cl)ccc2N/C=C(\N)Cl)cc1=O. The van der Waals surface area contributed by atoms with Crippen molar-refractivity contribution >= 4 is 46.6 Å². The molecule has 0 aliphatic rings. The first-order valence-electron chi connectivity index (χ1n) is 12.4. The Morgan fingerprint density at radius 2 is 1.95 bits per heavy atom. The highest BCUT2D eigenvalue weighted by molar-refractivity contribution is 6.31. The highest BCUT2D eigenvalue weighted by atomic mass is 35.5. The number of halogens is 2. The van der Waals surface area contributed by atoms with Crippen LogP contribution in [0.1, 0.15) is 18.5 Å². The van der Waals surface area contributed by atoms with Gasteiger partial charge in [-0.15, -0.1) is 0 Å². The molecule has 0 saturated heterocycles. The van der Waals surface area contributed by atoms with E-state index in [9.17, 15) is 14.4 Å². The monoisotopic (exact) mass is 597 g/mol. The standard InChI is InChI=1S/C28H29Cl2N7O4/c1-2-41-27(39)16-33-11-10-25(32)36-28(40)23(12-18-6-4-3-5-7-18)37-17-35-22(14-26(37)38)20-13-19(29)8-9-21(20)34-15-24(30)31/h3-11,13-15,17,23,33-34H,2,12,16,31H2,1H3,(H2,32,36,40)/b11-10-,24-15-. The Morgan fingerprint density at radius 3 is 2.63 bits per heavy atom. The minimum atomic E-state index is -1.02. The molecule has 13 heteroatoms. The van der Waals surface area contributed by atoms with Crippen LogP contribution in [0.5, 0.6) is 0 Å². The molecule has 3 rings (SSSR count). The number of ether oxygens (including phenoxy) is 1. The van der Waals surface area contributed by atoms with Crippen LogP contribution in [0.2, 0.25) is 5.02 Å². The van der Waals surface area contributed by atoms with Gasteiger partial charge in [-0.05, 0) is 36.8 Å². The Hall–Kier alpha value is -4.61. The molecule has 1 aromatic heterocycles. The summed E-state index contributed by atoms with van der Waals surface area (Å²) in [6, 6.07) is 14.4. The average Bonchev–Trinajstić information content (AvgIpc) is 2.94. The molecule has 0 radical (unpaired) electrons. The van der Waals surface area contributed by atoms with Crippen molar-refractivity contribution in [2.24, 2.45) is 5.73 Å². The van der Waals surface area contributed by atoms with Gasteiger partial charge < -0.3 is 26.4 Å². The second kappa shape index (κ2) is 15.2. The molecule has 1 unspecified atom stereocenters. The first kappa shape index (κ1) is 30.9. The number of amidine groups is 1. The van der Waals surface area contributed by atoms with Crippen LogP contribution in [0.4, 0.5) is 5.69 Å². The molecule has 3 aromatic rings. The maximum atomic E-state index is 13.3. The van der Waals surface area contributed by atoms with Crippen molar-refractivity contribution in [2.45, 2.75) is 19.4 Å². The van der Waals surface area contributed by atoms with E-state index in [0.29, 0.717) is 22.0 Å². The van der Waals surface area contributed by atoms with Gasteiger partial charge in [-0.1, -0.05) is 53.5 Å². The van der Waals surface area contributed by atoms with E-state index in [0.717, 1.165) is 5.56 Å². The zero-order valence-corrected chi connectivity index (χ0v) is 23.6. The average molecular weight is 598 g/mol. The largest absolute Gasteiger partial charge is 0.465 e. The maximum absolute atomic E-state index is 13.3. The summed E-state index contributed by atoms with van der Waals surface area (Å²) in [4.78, 5) is 42.5. The minimum absolute atomic E-state index is 0.0271. The Kier molecular flexibility index (Phi) is 11.5. The first-order valence-corrected chi connectivity index (χ1v) is 13.2. The highest BCUT2D eigenvalue weighted by Crippen LogP contribution is 2.29. The van der Waals surface area contributed by atoms with Crippen LogP contribution in [0.3, 0.4) is 0 Å². The Labute approximate surface area is 246 Å². The predicted molar refractivity (Wildman–Crippen MR) is 160 cm³/mol. The summed E-state index contributed by atoms with van der Waals surface area (Å²) in [6.07, 6.45) is 5.44. The van der Waals surface area contributed by atoms with Crippen LogP contribution >= 0.6 is 23.2 Å². The van der Waals surface area contributed by atoms with Gasteiger partial charge in [-0.3, -0.25) is 24.4 Å². The molecule has 0 aliphatic heterocycles. The number of carbonyl (C=O) groups excluding carboxylic acids is 2. The summed E-state index contributed by atoms with van der Waals surface area (Å²) in [7, 11) is 0. The number of esters is 1. The number of hydrogen-bond donors (Lipinski definition) is 5. The van der Waals surface area contributed by atoms with E-state index in [4.69, 9.17) is 39.1 Å². The van der Waals surface area contributed by atoms with E-state index < -0.39 is 23.5 Å². The lowest BCUT2D eigenvalue weighted by molar-refractivity contribution is -0.141. The summed E-state index contributed by atoms with van der Waals surface area (Å²) >= 11 is 11.9. The number of anilines is 1. The quantitative estimate of drug-likeness (QED) is 0.0915. The first-order chi connectivity index (χ1) is 19.7. The van der Waals surface area contributed by atoms with E-state index in [2.05, 4.69) is 20.9 Å². The third-order valence-electron chi connectivity index (χ3n) is 5.55. The Balaban J connectivity index is 1.87. The van der Waals surface area contributed by atoms with Gasteiger partial charge in [0.15, 0.2) is 0 Å². The molecule has 214 valence electrons. The molecule has 11 nitrogen and oxygen atoms in total. The number of nitrogens with two attached hydrogens (primary N) is 1. The van der Waals surface area contributed by atoms with Gasteiger partial charge in [-0.25, -0.2) is 4.98 Å². The molecule has 41 heavy (non-hydrogen) atoms. The number of hydrogen-bond acceptors (Lipinski definition) is 9. The minimum Gasteiger partial charge on any atom is -0.465 e. The molecular weight excluding hydrogens is 569 g/mol. The smallest absolute Gasteiger partial charge is 0.325 e. The lowest BCUT2D eigenvalue weighted by Crippen LogP contribution is -2.40. The van der Waals surface area contributed by atoms with E-state index in [1.54, 1.807) is 25.1 Å². The maximum Gasteiger partial charge on any atom is 0.325 e. The highest BCUT2D eigenvalue weighted by Gasteiger charge is 2.23. The number of nitrogens with one attached hydrogen (secondary N) is 4. The van der Waals surface area contributed by atoms with Crippen molar-refractivity contribution in [3.8, 4) is 11.3 Å². The summed E-state index contributed by atoms with van der Waals surface area (Å²) in [6.45, 7) is 1.86. The molecule has 0 saturated carbocycles. The van der Waals surface area contributed by atoms with Gasteiger partial charge in [-0.2, -0.15) is 0 Å². The van der Waals surface area contributed by atoms with Crippen molar-refractivity contribution in [1.29, 1.82) is 5.41 Å². The van der Waals surface area contributed by atoms with Gasteiger partial charge in [0.1, 0.15) is 23.6 Å². The lowest BCUT2D eigenvalue weighted by atomic mass is 10.0. The third kappa shape index (κ3) is 9.52. The normalized spacial score (nSPS) is 12.0. The fourth-order valence-electron chi connectivity index (χ4n) is 3.70. The number of amides is 1. The lowest BCUT2D eigenvalue weighted by Gasteiger charge is -2.19. The van der Waals surface area contributed by atoms with Crippen molar-refractivity contribution < 1.29 is 14.3 Å². The molecule has 1 amide bonds. The summed E-state index contributed by atoms with van der Waals surface area (Å²) in [5.41, 5.74) is 7.19. The molecular formula is C28H29Cl2N7O4. The van der Waals surface area contributed by atoms with Crippen molar-refractivity contribution in [3.05, 3.63) is 105 Å². The third-order valence-corrected chi connectivity index (χ3v) is 5.89. The molecule has 1 atom stereocenters. The fraction of sp³-hybridized carbons (Fsp3) is 0.179. The Bertz CT molecular complexity index is 1500. The molecule has 2 aromatic carbocycles. The van der Waals surface area contributed by atoms with Gasteiger partial charge in [0, 0.05) is 41.2 Å². The topological polar surface area (TPSA) is 164 Å². The summed E-state index contributed by atoms with van der Waals surface area (Å²) < 4.78 is 6.02. The predicted octanol–water partition coefficient (Wildman–Crippen LogP) is 3.52. The molecule has 0 fully saturated rings. The van der Waals surface area contributed by atoms with E-state index >= 15 is 0 Å².